The van der Waals surface area contributed by atoms with Gasteiger partial charge in [-0.05, 0) is 54.2 Å². The summed E-state index contributed by atoms with van der Waals surface area (Å²) in [5, 5.41) is 7.20. The molecule has 8 heteroatoms. The third-order valence-corrected chi connectivity index (χ3v) is 3.34. The highest BCUT2D eigenvalue weighted by atomic mass is 32.2. The molecule has 0 aliphatic carbocycles. The van der Waals surface area contributed by atoms with E-state index in [4.69, 9.17) is 12.2 Å². The standard InChI is InChI=1S/C14H12F2N4S2/c15-13(16)22-12-3-1-11(2-4-12)19-14(21)20-18-9-10-5-7-17-8-6-10/h1-9,13H,(H2,19,20,21)/b18-9-. The van der Waals surface area contributed by atoms with Crippen LogP contribution in [0.3, 0.4) is 0 Å². The number of hydrazone groups is 1. The molecule has 1 heterocycles. The van der Waals surface area contributed by atoms with E-state index in [1.54, 1.807) is 55.0 Å². The Morgan fingerprint density at radius 3 is 2.50 bits per heavy atom. The Balaban J connectivity index is 1.83. The fourth-order valence-electron chi connectivity index (χ4n) is 1.49. The Kier molecular flexibility index (Phi) is 6.23. The van der Waals surface area contributed by atoms with Crippen LogP contribution in [-0.4, -0.2) is 22.1 Å². The van der Waals surface area contributed by atoms with E-state index in [2.05, 4.69) is 20.8 Å². The molecule has 0 spiro atoms. The number of rotatable bonds is 5. The van der Waals surface area contributed by atoms with Crippen LogP contribution < -0.4 is 10.7 Å². The van der Waals surface area contributed by atoms with Gasteiger partial charge >= 0.3 is 0 Å². The second-order valence-corrected chi connectivity index (χ2v) is 5.48. The van der Waals surface area contributed by atoms with Gasteiger partial charge in [0.1, 0.15) is 0 Å². The zero-order valence-corrected chi connectivity index (χ0v) is 12.9. The van der Waals surface area contributed by atoms with Crippen molar-refractivity contribution in [2.24, 2.45) is 5.10 Å². The summed E-state index contributed by atoms with van der Waals surface area (Å²) in [5.74, 6) is -2.43. The highest BCUT2D eigenvalue weighted by Crippen LogP contribution is 2.26. The van der Waals surface area contributed by atoms with E-state index < -0.39 is 5.76 Å². The first-order chi connectivity index (χ1) is 10.6. The van der Waals surface area contributed by atoms with E-state index in [9.17, 15) is 8.78 Å². The number of nitrogens with zero attached hydrogens (tertiary/aromatic N) is 2. The lowest BCUT2D eigenvalue weighted by Crippen LogP contribution is -2.23. The van der Waals surface area contributed by atoms with Gasteiger partial charge < -0.3 is 5.32 Å². The molecule has 0 saturated heterocycles. The first kappa shape index (κ1) is 16.3. The lowest BCUT2D eigenvalue weighted by atomic mass is 10.3. The number of thiocarbonyl (C=S) groups is 1. The summed E-state index contributed by atoms with van der Waals surface area (Å²) in [6, 6.07) is 10.2. The number of pyridine rings is 1. The smallest absolute Gasteiger partial charge is 0.288 e. The molecule has 4 nitrogen and oxygen atoms in total. The quantitative estimate of drug-likeness (QED) is 0.377. The SMILES string of the molecule is FC(F)Sc1ccc(NC(=S)N/N=C\c2ccncc2)cc1. The molecule has 0 saturated carbocycles. The molecule has 22 heavy (non-hydrogen) atoms. The van der Waals surface area contributed by atoms with E-state index in [0.717, 1.165) is 5.56 Å². The molecule has 0 fully saturated rings. The molecule has 2 rings (SSSR count). The summed E-state index contributed by atoms with van der Waals surface area (Å²) in [7, 11) is 0. The highest BCUT2D eigenvalue weighted by molar-refractivity contribution is 7.99. The predicted molar refractivity (Wildman–Crippen MR) is 89.5 cm³/mol. The largest absolute Gasteiger partial charge is 0.331 e. The highest BCUT2D eigenvalue weighted by Gasteiger charge is 2.04. The topological polar surface area (TPSA) is 49.3 Å². The molecule has 0 aliphatic heterocycles. The maximum absolute atomic E-state index is 12.2. The molecule has 0 amide bonds. The van der Waals surface area contributed by atoms with E-state index in [0.29, 0.717) is 27.5 Å². The Labute approximate surface area is 136 Å². The minimum absolute atomic E-state index is 0.305. The van der Waals surface area contributed by atoms with Crippen molar-refractivity contribution in [1.29, 1.82) is 0 Å². The summed E-state index contributed by atoms with van der Waals surface area (Å²) in [6.07, 6.45) is 4.94. The normalized spacial score (nSPS) is 10.9. The van der Waals surface area contributed by atoms with Gasteiger partial charge in [-0.15, -0.1) is 0 Å². The van der Waals surface area contributed by atoms with E-state index in [1.807, 2.05) is 0 Å². The number of aromatic nitrogens is 1. The molecule has 2 aromatic rings. The molecule has 0 radical (unpaired) electrons. The van der Waals surface area contributed by atoms with Crippen LogP contribution >= 0.6 is 24.0 Å². The Bertz CT molecular complexity index is 633. The molecule has 1 aromatic heterocycles. The van der Waals surface area contributed by atoms with Crippen LogP contribution in [0.5, 0.6) is 0 Å². The molecule has 1 aromatic carbocycles. The fraction of sp³-hybridized carbons (Fsp3) is 0.0714. The van der Waals surface area contributed by atoms with Crippen LogP contribution in [0, 0.1) is 0 Å². The van der Waals surface area contributed by atoms with Gasteiger partial charge in [-0.3, -0.25) is 10.4 Å². The Morgan fingerprint density at radius 1 is 1.18 bits per heavy atom. The van der Waals surface area contributed by atoms with Crippen molar-refractivity contribution in [2.75, 3.05) is 5.32 Å². The number of benzene rings is 1. The first-order valence-corrected chi connectivity index (χ1v) is 7.47. The molecular formula is C14H12F2N4S2. The van der Waals surface area contributed by atoms with Crippen LogP contribution in [0.25, 0.3) is 0 Å². The Hall–Kier alpha value is -2.06. The minimum atomic E-state index is -2.43. The third-order valence-electron chi connectivity index (χ3n) is 2.42. The minimum Gasteiger partial charge on any atom is -0.331 e. The summed E-state index contributed by atoms with van der Waals surface area (Å²) in [4.78, 5) is 4.40. The maximum Gasteiger partial charge on any atom is 0.288 e. The molecular weight excluding hydrogens is 326 g/mol. The van der Waals surface area contributed by atoms with Crippen LogP contribution in [-0.2, 0) is 0 Å². The number of alkyl halides is 2. The average molecular weight is 338 g/mol. The number of halogens is 2. The summed E-state index contributed by atoms with van der Waals surface area (Å²) >= 11 is 5.58. The van der Waals surface area contributed by atoms with Crippen LogP contribution in [0.15, 0.2) is 58.8 Å². The lowest BCUT2D eigenvalue weighted by Gasteiger charge is -2.07. The molecule has 0 unspecified atom stereocenters. The second-order valence-electron chi connectivity index (χ2n) is 4.01. The summed E-state index contributed by atoms with van der Waals surface area (Å²) in [6.45, 7) is 0. The maximum atomic E-state index is 12.2. The van der Waals surface area contributed by atoms with Gasteiger partial charge in [0.2, 0.25) is 0 Å². The van der Waals surface area contributed by atoms with E-state index in [-0.39, 0.29) is 0 Å². The second kappa shape index (κ2) is 8.40. The van der Waals surface area contributed by atoms with Crippen molar-refractivity contribution < 1.29 is 8.78 Å². The molecule has 0 bridgehead atoms. The lowest BCUT2D eigenvalue weighted by molar-refractivity contribution is 0.252. The average Bonchev–Trinajstić information content (AvgIpc) is 2.50. The number of anilines is 1. The molecule has 0 atom stereocenters. The van der Waals surface area contributed by atoms with Gasteiger partial charge in [0.15, 0.2) is 5.11 Å². The van der Waals surface area contributed by atoms with E-state index in [1.165, 1.54) is 0 Å². The van der Waals surface area contributed by atoms with E-state index >= 15 is 0 Å². The van der Waals surface area contributed by atoms with Crippen molar-refractivity contribution in [3.63, 3.8) is 0 Å². The zero-order valence-electron chi connectivity index (χ0n) is 11.2. The van der Waals surface area contributed by atoms with Crippen molar-refractivity contribution in [3.8, 4) is 0 Å². The zero-order chi connectivity index (χ0) is 15.8. The van der Waals surface area contributed by atoms with Gasteiger partial charge in [-0.25, -0.2) is 0 Å². The van der Waals surface area contributed by atoms with Gasteiger partial charge in [-0.2, -0.15) is 13.9 Å². The molecule has 0 aliphatic rings. The fourth-order valence-corrected chi connectivity index (χ4v) is 2.16. The van der Waals surface area contributed by atoms with Crippen molar-refractivity contribution in [1.82, 2.24) is 10.4 Å². The number of hydrogen-bond acceptors (Lipinski definition) is 4. The Morgan fingerprint density at radius 2 is 1.86 bits per heavy atom. The van der Waals surface area contributed by atoms with Crippen LogP contribution in [0.2, 0.25) is 0 Å². The van der Waals surface area contributed by atoms with Crippen molar-refractivity contribution in [2.45, 2.75) is 10.7 Å². The number of nitrogens with one attached hydrogen (secondary N) is 2. The molecule has 114 valence electrons. The predicted octanol–water partition coefficient (Wildman–Crippen LogP) is 3.72. The van der Waals surface area contributed by atoms with Crippen LogP contribution in [0.1, 0.15) is 5.56 Å². The summed E-state index contributed by atoms with van der Waals surface area (Å²) < 4.78 is 24.4. The van der Waals surface area contributed by atoms with Gasteiger partial charge in [-0.1, -0.05) is 11.8 Å². The van der Waals surface area contributed by atoms with Crippen molar-refractivity contribution in [3.05, 3.63) is 54.4 Å². The van der Waals surface area contributed by atoms with Gasteiger partial charge in [0.25, 0.3) is 5.76 Å². The van der Waals surface area contributed by atoms with Crippen molar-refractivity contribution >= 4 is 41.0 Å². The third kappa shape index (κ3) is 5.74. The summed E-state index contributed by atoms with van der Waals surface area (Å²) in [5.41, 5.74) is 4.25. The van der Waals surface area contributed by atoms with Gasteiger partial charge in [0.05, 0.1) is 6.21 Å². The molecule has 2 N–H and O–H groups in total. The van der Waals surface area contributed by atoms with Gasteiger partial charge in [0, 0.05) is 23.0 Å². The monoisotopic (exact) mass is 338 g/mol. The number of hydrogen-bond donors (Lipinski definition) is 2. The number of thioether (sulfide) groups is 1. The first-order valence-electron chi connectivity index (χ1n) is 6.18. The van der Waals surface area contributed by atoms with Crippen LogP contribution in [0.4, 0.5) is 14.5 Å².